The van der Waals surface area contributed by atoms with Crippen molar-refractivity contribution in [3.63, 3.8) is 0 Å². The maximum Gasteiger partial charge on any atom is 0.275 e. The minimum absolute atomic E-state index is 0.208. The molecule has 2 N–H and O–H groups in total. The van der Waals surface area contributed by atoms with E-state index in [1.165, 1.54) is 4.31 Å². The average molecular weight is 311 g/mol. The maximum absolute atomic E-state index is 12.8. The molecule has 0 aliphatic carbocycles. The summed E-state index contributed by atoms with van der Waals surface area (Å²) in [5.74, 6) is 0. The first-order chi connectivity index (χ1) is 9.37. The standard InChI is InChI=1S/C13H17N3O2S2/c1-4-16(11-8-6-5-7-9(11)2)20(17,18)12-10(3)15-13(14)19-12/h5-8H,4H2,1-3H3,(H2,14,15). The molecule has 5 nitrogen and oxygen atoms in total. The molecule has 0 spiro atoms. The molecule has 1 heterocycles. The highest BCUT2D eigenvalue weighted by Crippen LogP contribution is 2.32. The number of thiazole rings is 1. The first kappa shape index (κ1) is 14.8. The van der Waals surface area contributed by atoms with Crippen molar-refractivity contribution in [1.82, 2.24) is 4.98 Å². The Morgan fingerprint density at radius 3 is 2.45 bits per heavy atom. The predicted molar refractivity (Wildman–Crippen MR) is 82.6 cm³/mol. The van der Waals surface area contributed by atoms with Gasteiger partial charge in [-0.15, -0.1) is 0 Å². The van der Waals surface area contributed by atoms with Gasteiger partial charge < -0.3 is 5.73 Å². The Kier molecular flexibility index (Phi) is 4.01. The Labute approximate surface area is 123 Å². The number of hydrogen-bond donors (Lipinski definition) is 1. The third-order valence-electron chi connectivity index (χ3n) is 2.97. The molecule has 108 valence electrons. The zero-order valence-corrected chi connectivity index (χ0v) is 13.3. The first-order valence-corrected chi connectivity index (χ1v) is 8.45. The second-order valence-electron chi connectivity index (χ2n) is 4.38. The van der Waals surface area contributed by atoms with E-state index in [-0.39, 0.29) is 9.34 Å². The van der Waals surface area contributed by atoms with Gasteiger partial charge in [-0.1, -0.05) is 29.5 Å². The molecule has 0 radical (unpaired) electrons. The van der Waals surface area contributed by atoms with E-state index in [4.69, 9.17) is 5.73 Å². The van der Waals surface area contributed by atoms with Crippen LogP contribution < -0.4 is 10.0 Å². The fourth-order valence-electron chi connectivity index (χ4n) is 2.06. The molecule has 2 rings (SSSR count). The lowest BCUT2D eigenvalue weighted by Crippen LogP contribution is -2.31. The summed E-state index contributed by atoms with van der Waals surface area (Å²) in [6, 6.07) is 7.40. The Morgan fingerprint density at radius 2 is 1.95 bits per heavy atom. The smallest absolute Gasteiger partial charge is 0.275 e. The van der Waals surface area contributed by atoms with Gasteiger partial charge in [-0.25, -0.2) is 13.4 Å². The van der Waals surface area contributed by atoms with Crippen molar-refractivity contribution in [3.8, 4) is 0 Å². The SMILES string of the molecule is CCN(c1ccccc1C)S(=O)(=O)c1sc(N)nc1C. The number of nitrogens with zero attached hydrogens (tertiary/aromatic N) is 2. The average Bonchev–Trinajstić information content (AvgIpc) is 2.72. The van der Waals surface area contributed by atoms with E-state index in [1.807, 2.05) is 32.0 Å². The summed E-state index contributed by atoms with van der Waals surface area (Å²) in [5, 5.41) is 0.266. The number of nitrogens with two attached hydrogens (primary N) is 1. The number of aromatic nitrogens is 1. The zero-order chi connectivity index (χ0) is 14.9. The lowest BCUT2D eigenvalue weighted by atomic mass is 10.2. The van der Waals surface area contributed by atoms with E-state index >= 15 is 0 Å². The van der Waals surface area contributed by atoms with E-state index in [2.05, 4.69) is 4.98 Å². The van der Waals surface area contributed by atoms with Crippen molar-refractivity contribution in [2.75, 3.05) is 16.6 Å². The van der Waals surface area contributed by atoms with Gasteiger partial charge in [0.05, 0.1) is 11.4 Å². The third-order valence-corrected chi connectivity index (χ3v) is 6.43. The molecule has 0 unspecified atom stereocenters. The van der Waals surface area contributed by atoms with Gasteiger partial charge in [0.25, 0.3) is 10.0 Å². The third kappa shape index (κ3) is 2.51. The highest BCUT2D eigenvalue weighted by Gasteiger charge is 2.28. The number of benzene rings is 1. The Bertz CT molecular complexity index is 723. The molecule has 20 heavy (non-hydrogen) atoms. The van der Waals surface area contributed by atoms with Crippen LogP contribution in [-0.2, 0) is 10.0 Å². The van der Waals surface area contributed by atoms with E-state index in [0.29, 0.717) is 17.9 Å². The van der Waals surface area contributed by atoms with Gasteiger partial charge in [-0.2, -0.15) is 0 Å². The molecular formula is C13H17N3O2S2. The van der Waals surface area contributed by atoms with Crippen LogP contribution in [0.1, 0.15) is 18.2 Å². The van der Waals surface area contributed by atoms with Crippen molar-refractivity contribution in [2.24, 2.45) is 0 Å². The molecule has 0 aliphatic heterocycles. The van der Waals surface area contributed by atoms with Crippen LogP contribution in [-0.4, -0.2) is 19.9 Å². The monoisotopic (exact) mass is 311 g/mol. The molecule has 1 aromatic carbocycles. The summed E-state index contributed by atoms with van der Waals surface area (Å²) in [4.78, 5) is 4.00. The van der Waals surface area contributed by atoms with Crippen molar-refractivity contribution in [3.05, 3.63) is 35.5 Å². The van der Waals surface area contributed by atoms with E-state index < -0.39 is 10.0 Å². The zero-order valence-electron chi connectivity index (χ0n) is 11.6. The van der Waals surface area contributed by atoms with Gasteiger partial charge in [0.15, 0.2) is 9.34 Å². The van der Waals surface area contributed by atoms with Crippen molar-refractivity contribution in [1.29, 1.82) is 0 Å². The Balaban J connectivity index is 2.57. The van der Waals surface area contributed by atoms with Crippen molar-refractivity contribution >= 4 is 32.2 Å². The Hall–Kier alpha value is -1.60. The molecule has 7 heteroatoms. The molecule has 0 amide bonds. The van der Waals surface area contributed by atoms with Gasteiger partial charge in [-0.05, 0) is 32.4 Å². The van der Waals surface area contributed by atoms with Crippen LogP contribution in [0, 0.1) is 13.8 Å². The van der Waals surface area contributed by atoms with Gasteiger partial charge in [0.2, 0.25) is 0 Å². The van der Waals surface area contributed by atoms with E-state index in [9.17, 15) is 8.42 Å². The number of hydrogen-bond acceptors (Lipinski definition) is 5. The van der Waals surface area contributed by atoms with Crippen LogP contribution in [0.4, 0.5) is 10.8 Å². The fraction of sp³-hybridized carbons (Fsp3) is 0.308. The summed E-state index contributed by atoms with van der Waals surface area (Å²) in [6.45, 7) is 5.71. The molecule has 2 aromatic rings. The Morgan fingerprint density at radius 1 is 1.30 bits per heavy atom. The molecule has 0 fully saturated rings. The summed E-state index contributed by atoms with van der Waals surface area (Å²) < 4.78 is 27.2. The summed E-state index contributed by atoms with van der Waals surface area (Å²) in [5.41, 5.74) is 7.65. The second kappa shape index (κ2) is 5.41. The number of rotatable bonds is 4. The molecule has 0 bridgehead atoms. The normalized spacial score (nSPS) is 11.6. The number of para-hydroxylation sites is 1. The topological polar surface area (TPSA) is 76.3 Å². The molecule has 0 atom stereocenters. The number of aryl methyl sites for hydroxylation is 2. The van der Waals surface area contributed by atoms with Crippen LogP contribution in [0.3, 0.4) is 0 Å². The number of sulfonamides is 1. The minimum atomic E-state index is -3.63. The predicted octanol–water partition coefficient (Wildman–Crippen LogP) is 2.56. The lowest BCUT2D eigenvalue weighted by Gasteiger charge is -2.23. The largest absolute Gasteiger partial charge is 0.375 e. The second-order valence-corrected chi connectivity index (χ2v) is 7.47. The van der Waals surface area contributed by atoms with Gasteiger partial charge in [0, 0.05) is 6.54 Å². The summed E-state index contributed by atoms with van der Waals surface area (Å²) >= 11 is 1.00. The van der Waals surface area contributed by atoms with Gasteiger partial charge in [0.1, 0.15) is 0 Å². The highest BCUT2D eigenvalue weighted by atomic mass is 32.2. The number of nitrogen functional groups attached to an aromatic ring is 1. The highest BCUT2D eigenvalue weighted by molar-refractivity contribution is 7.94. The van der Waals surface area contributed by atoms with Crippen molar-refractivity contribution < 1.29 is 8.42 Å². The van der Waals surface area contributed by atoms with Crippen molar-refractivity contribution in [2.45, 2.75) is 25.0 Å². The number of anilines is 2. The quantitative estimate of drug-likeness (QED) is 0.941. The van der Waals surface area contributed by atoms with E-state index in [1.54, 1.807) is 13.0 Å². The molecule has 1 aromatic heterocycles. The van der Waals surface area contributed by atoms with Crippen LogP contribution in [0.15, 0.2) is 28.5 Å². The lowest BCUT2D eigenvalue weighted by molar-refractivity contribution is 0.593. The molecule has 0 aliphatic rings. The van der Waals surface area contributed by atoms with Gasteiger partial charge >= 0.3 is 0 Å². The maximum atomic E-state index is 12.8. The van der Waals surface area contributed by atoms with Crippen LogP contribution >= 0.6 is 11.3 Å². The van der Waals surface area contributed by atoms with Crippen LogP contribution in [0.2, 0.25) is 0 Å². The fourth-order valence-corrected chi connectivity index (χ4v) is 4.99. The van der Waals surface area contributed by atoms with Crippen LogP contribution in [0.5, 0.6) is 0 Å². The summed E-state index contributed by atoms with van der Waals surface area (Å²) in [7, 11) is -3.63. The molecule has 0 saturated carbocycles. The van der Waals surface area contributed by atoms with Crippen LogP contribution in [0.25, 0.3) is 0 Å². The first-order valence-electron chi connectivity index (χ1n) is 6.19. The minimum Gasteiger partial charge on any atom is -0.375 e. The summed E-state index contributed by atoms with van der Waals surface area (Å²) in [6.07, 6.45) is 0. The molecular weight excluding hydrogens is 294 g/mol. The molecule has 0 saturated heterocycles. The van der Waals surface area contributed by atoms with E-state index in [0.717, 1.165) is 16.9 Å². The van der Waals surface area contributed by atoms with Gasteiger partial charge in [-0.3, -0.25) is 4.31 Å².